The Labute approximate surface area is 152 Å². The van der Waals surface area contributed by atoms with E-state index in [2.05, 4.69) is 34.2 Å². The first-order valence-electron chi connectivity index (χ1n) is 7.55. The van der Waals surface area contributed by atoms with E-state index in [-0.39, 0.29) is 18.2 Å². The summed E-state index contributed by atoms with van der Waals surface area (Å²) < 4.78 is 19.8. The molecule has 0 aliphatic carbocycles. The van der Waals surface area contributed by atoms with Crippen LogP contribution < -0.4 is 10.1 Å². The van der Waals surface area contributed by atoms with Crippen molar-refractivity contribution in [3.8, 4) is 5.75 Å². The first-order chi connectivity index (χ1) is 10.7. The lowest BCUT2D eigenvalue weighted by Crippen LogP contribution is -2.15. The van der Waals surface area contributed by atoms with Crippen molar-refractivity contribution in [2.45, 2.75) is 32.9 Å². The maximum Gasteiger partial charge on any atom is 0.124 e. The van der Waals surface area contributed by atoms with E-state index in [9.17, 15) is 4.39 Å². The van der Waals surface area contributed by atoms with Gasteiger partial charge in [-0.1, -0.05) is 41.4 Å². The molecule has 0 heterocycles. The van der Waals surface area contributed by atoms with E-state index in [4.69, 9.17) is 4.74 Å². The molecule has 0 aromatic heterocycles. The van der Waals surface area contributed by atoms with Crippen LogP contribution in [0.25, 0.3) is 0 Å². The number of hydrogen-bond donors (Lipinski definition) is 1. The Morgan fingerprint density at radius 1 is 1.13 bits per heavy atom. The van der Waals surface area contributed by atoms with Crippen LogP contribution >= 0.6 is 28.3 Å². The van der Waals surface area contributed by atoms with Gasteiger partial charge < -0.3 is 10.1 Å². The van der Waals surface area contributed by atoms with Crippen molar-refractivity contribution in [1.82, 2.24) is 5.32 Å². The summed E-state index contributed by atoms with van der Waals surface area (Å²) >= 11 is 3.50. The molecule has 0 aliphatic heterocycles. The van der Waals surface area contributed by atoms with Crippen LogP contribution in [0.4, 0.5) is 4.39 Å². The number of halogens is 3. The molecule has 0 amide bonds. The molecule has 0 atom stereocenters. The standard InChI is InChI=1S/C18H21BrFNO.ClH/c1-2-3-10-21-12-15-11-16(19)6-9-18(15)22-13-14-4-7-17(20)8-5-14;/h4-9,11,21H,2-3,10,12-13H2,1H3;1H. The minimum absolute atomic E-state index is 0. The van der Waals surface area contributed by atoms with E-state index in [1.54, 1.807) is 12.1 Å². The number of benzene rings is 2. The van der Waals surface area contributed by atoms with Gasteiger partial charge in [-0.15, -0.1) is 12.4 Å². The molecule has 0 bridgehead atoms. The van der Waals surface area contributed by atoms with Crippen molar-refractivity contribution >= 4 is 28.3 Å². The molecule has 2 nitrogen and oxygen atoms in total. The smallest absolute Gasteiger partial charge is 0.124 e. The molecule has 5 heteroatoms. The minimum atomic E-state index is -0.229. The summed E-state index contributed by atoms with van der Waals surface area (Å²) in [5.74, 6) is 0.629. The van der Waals surface area contributed by atoms with Gasteiger partial charge in [-0.05, 0) is 48.9 Å². The SMILES string of the molecule is CCCCNCc1cc(Br)ccc1OCc1ccc(F)cc1.Cl. The number of ether oxygens (including phenoxy) is 1. The molecule has 23 heavy (non-hydrogen) atoms. The highest BCUT2D eigenvalue weighted by Crippen LogP contribution is 2.24. The highest BCUT2D eigenvalue weighted by molar-refractivity contribution is 9.10. The normalized spacial score (nSPS) is 10.2. The number of nitrogens with one attached hydrogen (secondary N) is 1. The maximum absolute atomic E-state index is 12.9. The Balaban J connectivity index is 0.00000264. The van der Waals surface area contributed by atoms with Crippen molar-refractivity contribution in [3.63, 3.8) is 0 Å². The Hall–Kier alpha value is -1.10. The lowest BCUT2D eigenvalue weighted by molar-refractivity contribution is 0.302. The molecule has 126 valence electrons. The first kappa shape index (κ1) is 19.9. The van der Waals surface area contributed by atoms with Crippen LogP contribution in [0.15, 0.2) is 46.9 Å². The molecule has 2 aromatic rings. The quantitative estimate of drug-likeness (QED) is 0.590. The minimum Gasteiger partial charge on any atom is -0.489 e. The van der Waals surface area contributed by atoms with Crippen LogP contribution in [-0.4, -0.2) is 6.54 Å². The molecule has 0 radical (unpaired) electrons. The van der Waals surface area contributed by atoms with Crippen LogP contribution in [0.2, 0.25) is 0 Å². The van der Waals surface area contributed by atoms with E-state index in [1.165, 1.54) is 25.0 Å². The summed E-state index contributed by atoms with van der Waals surface area (Å²) in [6, 6.07) is 12.4. The fraction of sp³-hybridized carbons (Fsp3) is 0.333. The molecule has 1 N–H and O–H groups in total. The molecule has 0 unspecified atom stereocenters. The zero-order valence-electron chi connectivity index (χ0n) is 13.1. The molecule has 0 saturated heterocycles. The van der Waals surface area contributed by atoms with Gasteiger partial charge in [-0.3, -0.25) is 0 Å². The lowest BCUT2D eigenvalue weighted by Gasteiger charge is -2.13. The van der Waals surface area contributed by atoms with Gasteiger partial charge in [0, 0.05) is 16.6 Å². The molecular formula is C18H22BrClFNO. The third kappa shape index (κ3) is 6.90. The van der Waals surface area contributed by atoms with Gasteiger partial charge in [-0.2, -0.15) is 0 Å². The molecule has 0 saturated carbocycles. The molecule has 0 aliphatic rings. The summed E-state index contributed by atoms with van der Waals surface area (Å²) in [6.07, 6.45) is 2.35. The Bertz CT molecular complexity index is 592. The van der Waals surface area contributed by atoms with Crippen molar-refractivity contribution in [2.75, 3.05) is 6.54 Å². The molecular weight excluding hydrogens is 381 g/mol. The second kappa shape index (κ2) is 10.6. The summed E-state index contributed by atoms with van der Waals surface area (Å²) in [5.41, 5.74) is 2.07. The van der Waals surface area contributed by atoms with E-state index in [0.717, 1.165) is 34.4 Å². The first-order valence-corrected chi connectivity index (χ1v) is 8.34. The zero-order valence-corrected chi connectivity index (χ0v) is 15.6. The van der Waals surface area contributed by atoms with Gasteiger partial charge in [0.1, 0.15) is 18.2 Å². The van der Waals surface area contributed by atoms with Crippen LogP contribution in [-0.2, 0) is 13.2 Å². The summed E-state index contributed by atoms with van der Waals surface area (Å²) in [7, 11) is 0. The van der Waals surface area contributed by atoms with E-state index in [0.29, 0.717) is 6.61 Å². The third-order valence-electron chi connectivity index (χ3n) is 3.35. The van der Waals surface area contributed by atoms with Crippen molar-refractivity contribution in [3.05, 3.63) is 63.9 Å². The maximum atomic E-state index is 12.9. The third-order valence-corrected chi connectivity index (χ3v) is 3.85. The Morgan fingerprint density at radius 2 is 1.87 bits per heavy atom. The number of hydrogen-bond acceptors (Lipinski definition) is 2. The van der Waals surface area contributed by atoms with Crippen LogP contribution in [0.5, 0.6) is 5.75 Å². The number of rotatable bonds is 8. The van der Waals surface area contributed by atoms with E-state index >= 15 is 0 Å². The van der Waals surface area contributed by atoms with Gasteiger partial charge in [0.15, 0.2) is 0 Å². The van der Waals surface area contributed by atoms with Crippen molar-refractivity contribution in [1.29, 1.82) is 0 Å². The predicted octanol–water partition coefficient (Wildman–Crippen LogP) is 5.48. The fourth-order valence-corrected chi connectivity index (χ4v) is 2.50. The van der Waals surface area contributed by atoms with E-state index < -0.39 is 0 Å². The van der Waals surface area contributed by atoms with Gasteiger partial charge in [-0.25, -0.2) is 4.39 Å². The van der Waals surface area contributed by atoms with Gasteiger partial charge >= 0.3 is 0 Å². The monoisotopic (exact) mass is 401 g/mol. The van der Waals surface area contributed by atoms with E-state index in [1.807, 2.05) is 12.1 Å². The largest absolute Gasteiger partial charge is 0.489 e. The van der Waals surface area contributed by atoms with Crippen LogP contribution in [0, 0.1) is 5.82 Å². The van der Waals surface area contributed by atoms with Crippen LogP contribution in [0.1, 0.15) is 30.9 Å². The molecule has 0 fully saturated rings. The topological polar surface area (TPSA) is 21.3 Å². The number of unbranched alkanes of at least 4 members (excludes halogenated alkanes) is 1. The highest BCUT2D eigenvalue weighted by Gasteiger charge is 2.05. The van der Waals surface area contributed by atoms with Gasteiger partial charge in [0.2, 0.25) is 0 Å². The molecule has 2 rings (SSSR count). The van der Waals surface area contributed by atoms with Gasteiger partial charge in [0.25, 0.3) is 0 Å². The highest BCUT2D eigenvalue weighted by atomic mass is 79.9. The summed E-state index contributed by atoms with van der Waals surface area (Å²) in [5, 5.41) is 3.43. The summed E-state index contributed by atoms with van der Waals surface area (Å²) in [6.45, 7) is 4.39. The molecule has 2 aromatic carbocycles. The van der Waals surface area contributed by atoms with Crippen molar-refractivity contribution < 1.29 is 9.13 Å². The second-order valence-corrected chi connectivity index (χ2v) is 6.11. The average Bonchev–Trinajstić information content (AvgIpc) is 2.52. The molecule has 0 spiro atoms. The lowest BCUT2D eigenvalue weighted by atomic mass is 10.2. The predicted molar refractivity (Wildman–Crippen MR) is 98.7 cm³/mol. The Kier molecular flexibility index (Phi) is 9.22. The van der Waals surface area contributed by atoms with Crippen molar-refractivity contribution in [2.24, 2.45) is 0 Å². The Morgan fingerprint density at radius 3 is 2.57 bits per heavy atom. The zero-order chi connectivity index (χ0) is 15.8. The van der Waals surface area contributed by atoms with Crippen LogP contribution in [0.3, 0.4) is 0 Å². The average molecular weight is 403 g/mol. The van der Waals surface area contributed by atoms with Gasteiger partial charge in [0.05, 0.1) is 0 Å². The fourth-order valence-electron chi connectivity index (χ4n) is 2.09. The second-order valence-electron chi connectivity index (χ2n) is 5.20. The summed E-state index contributed by atoms with van der Waals surface area (Å²) in [4.78, 5) is 0.